The highest BCUT2D eigenvalue weighted by atomic mass is 32.1. The molecule has 0 radical (unpaired) electrons. The Morgan fingerprint density at radius 1 is 1.32 bits per heavy atom. The number of hydrogen-bond donors (Lipinski definition) is 1. The number of nitrogens with one attached hydrogen (secondary N) is 1. The maximum Gasteiger partial charge on any atom is 0.422 e. The van der Waals surface area contributed by atoms with Gasteiger partial charge in [0.25, 0.3) is 5.91 Å². The van der Waals surface area contributed by atoms with E-state index in [1.165, 1.54) is 29.7 Å². The van der Waals surface area contributed by atoms with Crippen molar-refractivity contribution in [1.29, 1.82) is 0 Å². The fourth-order valence-electron chi connectivity index (χ4n) is 1.92. The van der Waals surface area contributed by atoms with Crippen molar-refractivity contribution in [2.45, 2.75) is 38.8 Å². The number of halogens is 3. The van der Waals surface area contributed by atoms with Crippen LogP contribution in [0.2, 0.25) is 0 Å². The first-order chi connectivity index (χ1) is 11.9. The van der Waals surface area contributed by atoms with Crippen LogP contribution in [0.15, 0.2) is 18.3 Å². The molecule has 25 heavy (non-hydrogen) atoms. The summed E-state index contributed by atoms with van der Waals surface area (Å²) < 4.78 is 41.4. The molecule has 0 aliphatic heterocycles. The quantitative estimate of drug-likeness (QED) is 0.710. The molecule has 1 N–H and O–H groups in total. The molecule has 0 aliphatic carbocycles. The number of aromatic nitrogens is 3. The molecule has 136 valence electrons. The van der Waals surface area contributed by atoms with E-state index in [4.69, 9.17) is 0 Å². The van der Waals surface area contributed by atoms with Crippen molar-refractivity contribution in [2.24, 2.45) is 0 Å². The highest BCUT2D eigenvalue weighted by Crippen LogP contribution is 2.22. The van der Waals surface area contributed by atoms with Crippen LogP contribution in [-0.2, 0) is 6.42 Å². The largest absolute Gasteiger partial charge is 0.467 e. The number of unbranched alkanes of at least 4 members (excludes halogenated alkanes) is 2. The second-order valence-corrected chi connectivity index (χ2v) is 6.23. The third kappa shape index (κ3) is 6.29. The molecule has 0 saturated heterocycles. The van der Waals surface area contributed by atoms with Crippen molar-refractivity contribution < 1.29 is 22.7 Å². The van der Waals surface area contributed by atoms with Gasteiger partial charge >= 0.3 is 6.18 Å². The molecule has 0 aromatic carbocycles. The summed E-state index contributed by atoms with van der Waals surface area (Å²) in [6, 6.07) is 2.77. The van der Waals surface area contributed by atoms with E-state index in [1.807, 2.05) is 0 Å². The van der Waals surface area contributed by atoms with E-state index < -0.39 is 18.7 Å². The summed E-state index contributed by atoms with van der Waals surface area (Å²) in [4.78, 5) is 15.9. The zero-order valence-electron chi connectivity index (χ0n) is 13.5. The molecule has 2 aromatic heterocycles. The van der Waals surface area contributed by atoms with E-state index in [2.05, 4.69) is 32.2 Å². The maximum atomic E-state index is 12.3. The fraction of sp³-hybridized carbons (Fsp3) is 0.467. The summed E-state index contributed by atoms with van der Waals surface area (Å²) >= 11 is 1.23. The van der Waals surface area contributed by atoms with Crippen LogP contribution >= 0.6 is 11.3 Å². The first-order valence-corrected chi connectivity index (χ1v) is 8.49. The van der Waals surface area contributed by atoms with Gasteiger partial charge in [-0.2, -0.15) is 13.2 Å². The fourth-order valence-corrected chi connectivity index (χ4v) is 2.70. The van der Waals surface area contributed by atoms with Crippen LogP contribution < -0.4 is 10.1 Å². The second kappa shape index (κ2) is 8.75. The number of carbonyl (C=O) groups excluding carboxylic acids is 1. The van der Waals surface area contributed by atoms with Gasteiger partial charge in [-0.25, -0.2) is 4.98 Å². The highest BCUT2D eigenvalue weighted by Gasteiger charge is 2.29. The first-order valence-electron chi connectivity index (χ1n) is 7.67. The van der Waals surface area contributed by atoms with E-state index in [-0.39, 0.29) is 16.6 Å². The van der Waals surface area contributed by atoms with Crippen LogP contribution in [0.3, 0.4) is 0 Å². The molecule has 1 amide bonds. The molecular formula is C15H17F3N4O2S. The average molecular weight is 374 g/mol. The number of anilines is 1. The van der Waals surface area contributed by atoms with Gasteiger partial charge in [0.1, 0.15) is 10.6 Å². The van der Waals surface area contributed by atoms with Crippen molar-refractivity contribution in [3.63, 3.8) is 0 Å². The van der Waals surface area contributed by atoms with Gasteiger partial charge in [0.05, 0.1) is 0 Å². The van der Waals surface area contributed by atoms with E-state index in [9.17, 15) is 18.0 Å². The molecule has 0 fully saturated rings. The number of aryl methyl sites for hydroxylation is 1. The number of pyridine rings is 1. The number of carbonyl (C=O) groups is 1. The molecule has 6 nitrogen and oxygen atoms in total. The summed E-state index contributed by atoms with van der Waals surface area (Å²) in [7, 11) is 0. The number of rotatable bonds is 8. The predicted octanol–water partition coefficient (Wildman–Crippen LogP) is 3.86. The van der Waals surface area contributed by atoms with Crippen molar-refractivity contribution in [3.8, 4) is 5.88 Å². The standard InChI is InChI=1S/C15H17F3N4O2S/c1-2-3-4-7-11-21-22-14(25-11)20-12(23)10-6-5-8-19-13(10)24-9-15(16,17)18/h5-6,8H,2-4,7,9H2,1H3,(H,20,22,23). The Labute approximate surface area is 146 Å². The molecule has 2 aromatic rings. The molecule has 0 bridgehead atoms. The van der Waals surface area contributed by atoms with Crippen molar-refractivity contribution >= 4 is 22.4 Å². The van der Waals surface area contributed by atoms with Crippen molar-refractivity contribution in [1.82, 2.24) is 15.2 Å². The topological polar surface area (TPSA) is 77.0 Å². The summed E-state index contributed by atoms with van der Waals surface area (Å²) in [5, 5.41) is 11.4. The Kier molecular flexibility index (Phi) is 6.68. The van der Waals surface area contributed by atoms with E-state index in [0.717, 1.165) is 30.7 Å². The first kappa shape index (κ1) is 19.1. The third-order valence-corrected chi connectivity index (χ3v) is 3.97. The van der Waals surface area contributed by atoms with Crippen LogP contribution in [0, 0.1) is 0 Å². The third-order valence-electron chi connectivity index (χ3n) is 3.07. The molecule has 0 unspecified atom stereocenters. The summed E-state index contributed by atoms with van der Waals surface area (Å²) in [5.74, 6) is -1.04. The number of alkyl halides is 3. The molecule has 10 heteroatoms. The molecule has 0 saturated carbocycles. The summed E-state index contributed by atoms with van der Waals surface area (Å²) in [6.07, 6.45) is 0.656. The minimum Gasteiger partial charge on any atom is -0.467 e. The van der Waals surface area contributed by atoms with E-state index in [1.54, 1.807) is 0 Å². The van der Waals surface area contributed by atoms with Gasteiger partial charge in [0.2, 0.25) is 11.0 Å². The Hall–Kier alpha value is -2.23. The van der Waals surface area contributed by atoms with Crippen LogP contribution in [0.4, 0.5) is 18.3 Å². The lowest BCUT2D eigenvalue weighted by atomic mass is 10.2. The Morgan fingerprint density at radius 3 is 2.84 bits per heavy atom. The van der Waals surface area contributed by atoms with Gasteiger partial charge < -0.3 is 4.74 Å². The predicted molar refractivity (Wildman–Crippen MR) is 86.9 cm³/mol. The molecule has 2 rings (SSSR count). The van der Waals surface area contributed by atoms with Gasteiger partial charge in [-0.3, -0.25) is 10.1 Å². The van der Waals surface area contributed by atoms with Crippen molar-refractivity contribution in [3.05, 3.63) is 28.9 Å². The molecule has 0 spiro atoms. The van der Waals surface area contributed by atoms with Gasteiger partial charge in [-0.1, -0.05) is 31.1 Å². The van der Waals surface area contributed by atoms with Gasteiger partial charge in [-0.05, 0) is 18.6 Å². The van der Waals surface area contributed by atoms with Gasteiger partial charge in [-0.15, -0.1) is 10.2 Å². The van der Waals surface area contributed by atoms with Crippen LogP contribution in [-0.4, -0.2) is 33.9 Å². The van der Waals surface area contributed by atoms with Crippen LogP contribution in [0.5, 0.6) is 5.88 Å². The second-order valence-electron chi connectivity index (χ2n) is 5.17. The Bertz CT molecular complexity index is 706. The van der Waals surface area contributed by atoms with E-state index in [0.29, 0.717) is 0 Å². The molecule has 0 aliphatic rings. The normalized spacial score (nSPS) is 11.4. The lowest BCUT2D eigenvalue weighted by Gasteiger charge is -2.11. The summed E-state index contributed by atoms with van der Waals surface area (Å²) in [6.45, 7) is 0.572. The average Bonchev–Trinajstić information content (AvgIpc) is 3.00. The SMILES string of the molecule is CCCCCc1nnc(NC(=O)c2cccnc2OCC(F)(F)F)s1. The smallest absolute Gasteiger partial charge is 0.422 e. The van der Waals surface area contributed by atoms with Gasteiger partial charge in [0, 0.05) is 12.6 Å². The van der Waals surface area contributed by atoms with Crippen LogP contribution in [0.1, 0.15) is 41.6 Å². The van der Waals surface area contributed by atoms with Crippen molar-refractivity contribution in [2.75, 3.05) is 11.9 Å². The lowest BCUT2D eigenvalue weighted by molar-refractivity contribution is -0.154. The van der Waals surface area contributed by atoms with Gasteiger partial charge in [0.15, 0.2) is 6.61 Å². The lowest BCUT2D eigenvalue weighted by Crippen LogP contribution is -2.21. The zero-order chi connectivity index (χ0) is 18.3. The number of amides is 1. The number of ether oxygens (including phenoxy) is 1. The zero-order valence-corrected chi connectivity index (χ0v) is 14.3. The van der Waals surface area contributed by atoms with E-state index >= 15 is 0 Å². The number of hydrogen-bond acceptors (Lipinski definition) is 6. The maximum absolute atomic E-state index is 12.3. The number of nitrogens with zero attached hydrogens (tertiary/aromatic N) is 3. The monoisotopic (exact) mass is 374 g/mol. The summed E-state index contributed by atoms with van der Waals surface area (Å²) in [5.41, 5.74) is -0.102. The molecule has 2 heterocycles. The molecule has 0 atom stereocenters. The Balaban J connectivity index is 2.01. The Morgan fingerprint density at radius 2 is 2.12 bits per heavy atom. The minimum atomic E-state index is -4.52. The molecular weight excluding hydrogens is 357 g/mol. The minimum absolute atomic E-state index is 0.102. The highest BCUT2D eigenvalue weighted by molar-refractivity contribution is 7.15. The van der Waals surface area contributed by atoms with Crippen LogP contribution in [0.25, 0.3) is 0 Å².